The number of benzene rings is 2. The van der Waals surface area contributed by atoms with Crippen LogP contribution in [0, 0.1) is 5.92 Å². The number of halogens is 2. The molecule has 2 aliphatic rings. The van der Waals surface area contributed by atoms with E-state index in [0.717, 1.165) is 52.0 Å². The van der Waals surface area contributed by atoms with Gasteiger partial charge in [-0.15, -0.1) is 0 Å². The van der Waals surface area contributed by atoms with Gasteiger partial charge in [0, 0.05) is 48.2 Å². The Bertz CT molecular complexity index is 1450. The molecule has 1 aliphatic heterocycles. The summed E-state index contributed by atoms with van der Waals surface area (Å²) in [6, 6.07) is 18.4. The van der Waals surface area contributed by atoms with Gasteiger partial charge in [0.25, 0.3) is 0 Å². The minimum Gasteiger partial charge on any atom is -0.367 e. The van der Waals surface area contributed by atoms with E-state index in [1.807, 2.05) is 42.1 Å². The number of hydrogen-bond acceptors (Lipinski definition) is 4. The summed E-state index contributed by atoms with van der Waals surface area (Å²) >= 11 is 12.5. The van der Waals surface area contributed by atoms with Gasteiger partial charge in [0.1, 0.15) is 10.7 Å². The Morgan fingerprint density at radius 2 is 1.86 bits per heavy atom. The van der Waals surface area contributed by atoms with E-state index < -0.39 is 5.54 Å². The molecule has 1 aliphatic carbocycles. The number of anilines is 1. The molecule has 7 heteroatoms. The molecule has 4 aromatic rings. The van der Waals surface area contributed by atoms with E-state index in [9.17, 15) is 0 Å². The van der Waals surface area contributed by atoms with E-state index in [0.29, 0.717) is 5.15 Å². The number of hydrogen-bond donors (Lipinski definition) is 1. The van der Waals surface area contributed by atoms with Crippen molar-refractivity contribution in [1.82, 2.24) is 14.5 Å². The van der Waals surface area contributed by atoms with E-state index in [1.165, 1.54) is 24.1 Å². The Hall–Kier alpha value is -3.12. The minimum absolute atomic E-state index is 0.429. The van der Waals surface area contributed by atoms with Gasteiger partial charge in [-0.1, -0.05) is 53.5 Å². The van der Waals surface area contributed by atoms with Crippen LogP contribution in [-0.4, -0.2) is 27.6 Å². The van der Waals surface area contributed by atoms with Crippen LogP contribution in [0.2, 0.25) is 10.2 Å². The fourth-order valence-corrected chi connectivity index (χ4v) is 5.51. The van der Waals surface area contributed by atoms with Gasteiger partial charge in [-0.3, -0.25) is 0 Å². The van der Waals surface area contributed by atoms with Crippen molar-refractivity contribution in [3.63, 3.8) is 0 Å². The van der Waals surface area contributed by atoms with Gasteiger partial charge in [-0.25, -0.2) is 9.97 Å². The molecule has 6 rings (SSSR count). The summed E-state index contributed by atoms with van der Waals surface area (Å²) < 4.78 is 1.96. The van der Waals surface area contributed by atoms with Gasteiger partial charge in [0.05, 0.1) is 18.2 Å². The lowest BCUT2D eigenvalue weighted by atomic mass is 9.79. The van der Waals surface area contributed by atoms with Gasteiger partial charge >= 0.3 is 0 Å². The average molecular weight is 516 g/mol. The molecule has 0 bridgehead atoms. The fourth-order valence-electron chi connectivity index (χ4n) is 5.21. The molecular weight excluding hydrogens is 489 g/mol. The van der Waals surface area contributed by atoms with Gasteiger partial charge in [-0.05, 0) is 65.8 Å². The van der Waals surface area contributed by atoms with Crippen LogP contribution < -0.4 is 10.6 Å². The standard InChI is InChI=1S/C29H27Cl2N5/c1-35-18-33-16-27(35)29(32,22-8-10-28(31)34-15-22)21-7-9-26-25(14-21)24(20-3-2-4-23(30)13-20)11-12-36(26)17-19-5-6-19/h2-4,7-11,13-16,18-19H,5-6,12,17,32H2,1H3. The molecule has 0 saturated heterocycles. The van der Waals surface area contributed by atoms with Crippen molar-refractivity contribution >= 4 is 34.5 Å². The molecule has 5 nitrogen and oxygen atoms in total. The number of nitrogens with zero attached hydrogens (tertiary/aromatic N) is 4. The molecule has 1 unspecified atom stereocenters. The first-order valence-corrected chi connectivity index (χ1v) is 12.9. The number of pyridine rings is 1. The number of imidazole rings is 1. The van der Waals surface area contributed by atoms with Crippen molar-refractivity contribution in [2.75, 3.05) is 18.0 Å². The average Bonchev–Trinajstić information content (AvgIpc) is 3.60. The third-order valence-corrected chi connectivity index (χ3v) is 7.77. The fraction of sp³-hybridized carbons (Fsp3) is 0.241. The zero-order valence-electron chi connectivity index (χ0n) is 20.0. The zero-order valence-corrected chi connectivity index (χ0v) is 21.5. The molecule has 36 heavy (non-hydrogen) atoms. The number of aryl methyl sites for hydroxylation is 1. The SMILES string of the molecule is Cn1cncc1C(N)(c1ccc(Cl)nc1)c1ccc2c(c1)C(c1cccc(Cl)c1)=CCN2CC1CC1. The van der Waals surface area contributed by atoms with Crippen LogP contribution >= 0.6 is 23.2 Å². The van der Waals surface area contributed by atoms with Crippen molar-refractivity contribution in [1.29, 1.82) is 0 Å². The number of aromatic nitrogens is 3. The maximum Gasteiger partial charge on any atom is 0.129 e. The summed E-state index contributed by atoms with van der Waals surface area (Å²) in [7, 11) is 1.96. The second-order valence-corrected chi connectivity index (χ2v) is 10.6. The van der Waals surface area contributed by atoms with Crippen molar-refractivity contribution in [3.8, 4) is 0 Å². The highest BCUT2D eigenvalue weighted by molar-refractivity contribution is 6.30. The van der Waals surface area contributed by atoms with E-state index >= 15 is 0 Å². The predicted molar refractivity (Wildman–Crippen MR) is 146 cm³/mol. The first-order valence-electron chi connectivity index (χ1n) is 12.2. The van der Waals surface area contributed by atoms with Crippen LogP contribution in [-0.2, 0) is 12.6 Å². The van der Waals surface area contributed by atoms with Crippen molar-refractivity contribution in [2.45, 2.75) is 18.4 Å². The number of nitrogens with two attached hydrogens (primary N) is 1. The van der Waals surface area contributed by atoms with E-state index in [2.05, 4.69) is 45.2 Å². The quantitative estimate of drug-likeness (QED) is 0.318. The Morgan fingerprint density at radius 1 is 1.03 bits per heavy atom. The molecule has 2 aromatic heterocycles. The molecule has 1 saturated carbocycles. The molecule has 2 N–H and O–H groups in total. The molecule has 0 spiro atoms. The largest absolute Gasteiger partial charge is 0.367 e. The lowest BCUT2D eigenvalue weighted by Crippen LogP contribution is -2.41. The molecule has 1 atom stereocenters. The Morgan fingerprint density at radius 3 is 2.56 bits per heavy atom. The summed E-state index contributed by atoms with van der Waals surface area (Å²) in [6.07, 6.45) is 10.3. The highest BCUT2D eigenvalue weighted by atomic mass is 35.5. The Labute approximate surface area is 221 Å². The summed E-state index contributed by atoms with van der Waals surface area (Å²) in [5.41, 5.74) is 13.7. The molecule has 1 fully saturated rings. The lowest BCUT2D eigenvalue weighted by molar-refractivity contribution is 0.593. The van der Waals surface area contributed by atoms with Crippen LogP contribution in [0.5, 0.6) is 0 Å². The molecule has 3 heterocycles. The van der Waals surface area contributed by atoms with E-state index in [1.54, 1.807) is 18.6 Å². The first-order chi connectivity index (χ1) is 17.4. The van der Waals surface area contributed by atoms with Crippen LogP contribution in [0.3, 0.4) is 0 Å². The van der Waals surface area contributed by atoms with Crippen LogP contribution in [0.25, 0.3) is 5.57 Å². The Kier molecular flexibility index (Phi) is 5.87. The topological polar surface area (TPSA) is 60.0 Å². The summed E-state index contributed by atoms with van der Waals surface area (Å²) in [4.78, 5) is 11.2. The second kappa shape index (κ2) is 9.07. The molecule has 182 valence electrons. The third-order valence-electron chi connectivity index (χ3n) is 7.31. The maximum atomic E-state index is 7.33. The van der Waals surface area contributed by atoms with Gasteiger partial charge < -0.3 is 15.2 Å². The Balaban J connectivity index is 1.54. The number of rotatable bonds is 6. The highest BCUT2D eigenvalue weighted by Gasteiger charge is 2.37. The molecule has 0 radical (unpaired) electrons. The van der Waals surface area contributed by atoms with Gasteiger partial charge in [-0.2, -0.15) is 0 Å². The monoisotopic (exact) mass is 515 g/mol. The van der Waals surface area contributed by atoms with Gasteiger partial charge in [0.2, 0.25) is 0 Å². The minimum atomic E-state index is -0.976. The zero-order chi connectivity index (χ0) is 24.9. The summed E-state index contributed by atoms with van der Waals surface area (Å²) in [5.74, 6) is 0.779. The second-order valence-electron chi connectivity index (χ2n) is 9.78. The third kappa shape index (κ3) is 4.11. The van der Waals surface area contributed by atoms with Gasteiger partial charge in [0.15, 0.2) is 0 Å². The van der Waals surface area contributed by atoms with E-state index in [-0.39, 0.29) is 0 Å². The molecule has 0 amide bonds. The summed E-state index contributed by atoms with van der Waals surface area (Å²) in [6.45, 7) is 1.95. The molecular formula is C29H27Cl2N5. The lowest BCUT2D eigenvalue weighted by Gasteiger charge is -2.35. The smallest absolute Gasteiger partial charge is 0.129 e. The van der Waals surface area contributed by atoms with Crippen LogP contribution in [0.15, 0.2) is 79.4 Å². The first kappa shape index (κ1) is 23.3. The maximum absolute atomic E-state index is 7.33. The molecule has 2 aromatic carbocycles. The van der Waals surface area contributed by atoms with Crippen LogP contribution in [0.1, 0.15) is 40.8 Å². The van der Waals surface area contributed by atoms with E-state index in [4.69, 9.17) is 28.9 Å². The highest BCUT2D eigenvalue weighted by Crippen LogP contribution is 2.42. The summed E-state index contributed by atoms with van der Waals surface area (Å²) in [5, 5.41) is 1.15. The van der Waals surface area contributed by atoms with Crippen LogP contribution in [0.4, 0.5) is 5.69 Å². The van der Waals surface area contributed by atoms with Crippen molar-refractivity contribution in [3.05, 3.63) is 118 Å². The van der Waals surface area contributed by atoms with Crippen molar-refractivity contribution in [2.24, 2.45) is 18.7 Å². The normalized spacial score (nSPS) is 16.9. The predicted octanol–water partition coefficient (Wildman–Crippen LogP) is 6.03. The van der Waals surface area contributed by atoms with Crippen molar-refractivity contribution < 1.29 is 0 Å². The number of fused-ring (bicyclic) bond motifs is 1.